The molecule has 2 aliphatic rings. The van der Waals surface area contributed by atoms with Crippen LogP contribution in [-0.2, 0) is 4.79 Å². The molecular weight excluding hydrogens is 341 g/mol. The summed E-state index contributed by atoms with van der Waals surface area (Å²) in [6, 6.07) is 3.80. The molecule has 0 bridgehead atoms. The molecule has 2 aliphatic carbocycles. The largest absolute Gasteiger partial charge is 0.348 e. The molecule has 2 fully saturated rings. The van der Waals surface area contributed by atoms with E-state index < -0.39 is 0 Å². The number of aryl methyl sites for hydroxylation is 1. The molecule has 1 atom stereocenters. The maximum atomic E-state index is 12.8. The summed E-state index contributed by atoms with van der Waals surface area (Å²) in [6.07, 6.45) is 9.01. The van der Waals surface area contributed by atoms with E-state index in [4.69, 9.17) is 23.2 Å². The first-order valence-corrected chi connectivity index (χ1v) is 9.93. The average molecular weight is 368 g/mol. The van der Waals surface area contributed by atoms with E-state index in [-0.39, 0.29) is 23.3 Å². The van der Waals surface area contributed by atoms with E-state index in [0.717, 1.165) is 49.7 Å². The van der Waals surface area contributed by atoms with Crippen molar-refractivity contribution in [3.63, 3.8) is 0 Å². The fraction of sp³-hybridized carbons (Fsp3) is 0.650. The molecule has 24 heavy (non-hydrogen) atoms. The van der Waals surface area contributed by atoms with E-state index in [0.29, 0.717) is 10.0 Å². The highest BCUT2D eigenvalue weighted by Crippen LogP contribution is 2.50. The van der Waals surface area contributed by atoms with Gasteiger partial charge in [0.05, 0.1) is 16.1 Å². The molecule has 0 heterocycles. The molecular formula is C20H27Cl2NO. The van der Waals surface area contributed by atoms with Crippen molar-refractivity contribution in [3.05, 3.63) is 33.3 Å². The van der Waals surface area contributed by atoms with Gasteiger partial charge in [0.2, 0.25) is 5.91 Å². The van der Waals surface area contributed by atoms with Gasteiger partial charge in [-0.3, -0.25) is 4.79 Å². The molecule has 2 nitrogen and oxygen atoms in total. The Morgan fingerprint density at radius 1 is 1.17 bits per heavy atom. The lowest BCUT2D eigenvalue weighted by Gasteiger charge is -2.37. The third-order valence-corrected chi connectivity index (χ3v) is 6.91. The van der Waals surface area contributed by atoms with Crippen LogP contribution in [0.15, 0.2) is 12.1 Å². The van der Waals surface area contributed by atoms with Gasteiger partial charge >= 0.3 is 0 Å². The zero-order valence-electron chi connectivity index (χ0n) is 14.6. The zero-order valence-corrected chi connectivity index (χ0v) is 16.1. The molecule has 0 aromatic heterocycles. The lowest BCUT2D eigenvalue weighted by molar-refractivity contribution is -0.126. The van der Waals surface area contributed by atoms with Crippen molar-refractivity contribution >= 4 is 29.1 Å². The summed E-state index contributed by atoms with van der Waals surface area (Å²) in [6.45, 7) is 4.35. The molecule has 2 saturated carbocycles. The zero-order chi connectivity index (χ0) is 17.3. The van der Waals surface area contributed by atoms with Crippen molar-refractivity contribution < 1.29 is 4.79 Å². The van der Waals surface area contributed by atoms with Crippen LogP contribution >= 0.6 is 23.2 Å². The van der Waals surface area contributed by atoms with Gasteiger partial charge in [-0.25, -0.2) is 0 Å². The van der Waals surface area contributed by atoms with Crippen molar-refractivity contribution in [1.82, 2.24) is 5.32 Å². The van der Waals surface area contributed by atoms with Gasteiger partial charge in [-0.15, -0.1) is 0 Å². The average Bonchev–Trinajstić information content (AvgIpc) is 3.22. The van der Waals surface area contributed by atoms with Crippen LogP contribution in [0.3, 0.4) is 0 Å². The van der Waals surface area contributed by atoms with Crippen molar-refractivity contribution in [2.45, 2.75) is 71.3 Å². The van der Waals surface area contributed by atoms with Gasteiger partial charge in [-0.05, 0) is 55.2 Å². The second kappa shape index (κ2) is 7.25. The van der Waals surface area contributed by atoms with Crippen LogP contribution in [0.25, 0.3) is 0 Å². The molecule has 1 amide bonds. The number of hydrogen-bond acceptors (Lipinski definition) is 1. The summed E-state index contributed by atoms with van der Waals surface area (Å²) < 4.78 is 0. The van der Waals surface area contributed by atoms with Gasteiger partial charge in [-0.1, -0.05) is 61.9 Å². The molecule has 0 aliphatic heterocycles. The van der Waals surface area contributed by atoms with E-state index in [1.807, 2.05) is 12.1 Å². The Hall–Kier alpha value is -0.730. The number of halogens is 2. The molecule has 0 radical (unpaired) electrons. The second-order valence-electron chi connectivity index (χ2n) is 7.88. The first-order chi connectivity index (χ1) is 11.4. The molecule has 4 heteroatoms. The lowest BCUT2D eigenvalue weighted by Crippen LogP contribution is -2.41. The normalized spacial score (nSPS) is 21.8. The Bertz CT molecular complexity index is 616. The van der Waals surface area contributed by atoms with Gasteiger partial charge in [0, 0.05) is 5.92 Å². The summed E-state index contributed by atoms with van der Waals surface area (Å²) in [5, 5.41) is 4.55. The van der Waals surface area contributed by atoms with Crippen molar-refractivity contribution in [2.75, 3.05) is 0 Å². The number of amides is 1. The van der Waals surface area contributed by atoms with Gasteiger partial charge in [0.25, 0.3) is 0 Å². The minimum Gasteiger partial charge on any atom is -0.348 e. The molecule has 1 aromatic carbocycles. The third kappa shape index (κ3) is 3.46. The van der Waals surface area contributed by atoms with Crippen molar-refractivity contribution in [1.29, 1.82) is 0 Å². The smallest absolute Gasteiger partial charge is 0.223 e. The van der Waals surface area contributed by atoms with Crippen LogP contribution < -0.4 is 5.32 Å². The first kappa shape index (κ1) is 18.1. The van der Waals surface area contributed by atoms with E-state index >= 15 is 0 Å². The second-order valence-corrected chi connectivity index (χ2v) is 8.66. The Balaban J connectivity index is 1.96. The monoisotopic (exact) mass is 367 g/mol. The van der Waals surface area contributed by atoms with Crippen LogP contribution in [0.2, 0.25) is 10.0 Å². The molecule has 1 N–H and O–H groups in total. The van der Waals surface area contributed by atoms with Crippen LogP contribution in [0.5, 0.6) is 0 Å². The first-order valence-electron chi connectivity index (χ1n) is 9.17. The maximum absolute atomic E-state index is 12.8. The van der Waals surface area contributed by atoms with E-state index in [9.17, 15) is 4.79 Å². The summed E-state index contributed by atoms with van der Waals surface area (Å²) in [7, 11) is 0. The quantitative estimate of drug-likeness (QED) is 0.671. The molecule has 0 saturated heterocycles. The highest BCUT2D eigenvalue weighted by atomic mass is 35.5. The van der Waals surface area contributed by atoms with Crippen LogP contribution in [0, 0.1) is 18.3 Å². The number of carbonyl (C=O) groups is 1. The minimum absolute atomic E-state index is 0.0490. The maximum Gasteiger partial charge on any atom is 0.223 e. The standard InChI is InChI=1S/C20H27Cl2NO/c1-13-9-10-15(21)17(22)16(13)18(20(2)11-5-6-12-20)23-19(24)14-7-3-4-8-14/h9-10,14,18H,3-8,11-12H2,1-2H3,(H,23,24)/t18-/m1/s1. The van der Waals surface area contributed by atoms with E-state index in [1.165, 1.54) is 12.8 Å². The summed E-state index contributed by atoms with van der Waals surface area (Å²) in [4.78, 5) is 12.8. The summed E-state index contributed by atoms with van der Waals surface area (Å²) in [5.41, 5.74) is 2.17. The van der Waals surface area contributed by atoms with Gasteiger partial charge in [0.15, 0.2) is 0 Å². The highest BCUT2D eigenvalue weighted by Gasteiger charge is 2.41. The van der Waals surface area contributed by atoms with Gasteiger partial charge in [0.1, 0.15) is 0 Å². The minimum atomic E-state index is -0.0562. The Morgan fingerprint density at radius 2 is 1.79 bits per heavy atom. The highest BCUT2D eigenvalue weighted by molar-refractivity contribution is 6.42. The molecule has 3 rings (SSSR count). The van der Waals surface area contributed by atoms with E-state index in [2.05, 4.69) is 19.2 Å². The number of benzene rings is 1. The lowest BCUT2D eigenvalue weighted by atomic mass is 9.76. The molecule has 0 spiro atoms. The van der Waals surface area contributed by atoms with Crippen LogP contribution in [-0.4, -0.2) is 5.91 Å². The molecule has 1 aromatic rings. The molecule has 132 valence electrons. The fourth-order valence-corrected chi connectivity index (χ4v) is 5.02. The van der Waals surface area contributed by atoms with Gasteiger partial charge in [-0.2, -0.15) is 0 Å². The predicted octanol–water partition coefficient (Wildman–Crippen LogP) is 6.23. The summed E-state index contributed by atoms with van der Waals surface area (Å²) in [5.74, 6) is 0.358. The van der Waals surface area contributed by atoms with Crippen molar-refractivity contribution in [3.8, 4) is 0 Å². The fourth-order valence-electron chi connectivity index (χ4n) is 4.53. The predicted molar refractivity (Wildman–Crippen MR) is 101 cm³/mol. The Morgan fingerprint density at radius 3 is 2.42 bits per heavy atom. The Labute approximate surface area is 155 Å². The number of carbonyl (C=O) groups excluding carboxylic acids is 1. The molecule has 0 unspecified atom stereocenters. The van der Waals surface area contributed by atoms with Crippen molar-refractivity contribution in [2.24, 2.45) is 11.3 Å². The topological polar surface area (TPSA) is 29.1 Å². The Kier molecular flexibility index (Phi) is 5.46. The van der Waals surface area contributed by atoms with E-state index in [1.54, 1.807) is 0 Å². The van der Waals surface area contributed by atoms with Crippen LogP contribution in [0.1, 0.15) is 75.5 Å². The number of rotatable bonds is 4. The third-order valence-electron chi connectivity index (χ3n) is 6.09. The summed E-state index contributed by atoms with van der Waals surface area (Å²) >= 11 is 12.9. The van der Waals surface area contributed by atoms with Gasteiger partial charge < -0.3 is 5.32 Å². The van der Waals surface area contributed by atoms with Crippen LogP contribution in [0.4, 0.5) is 0 Å². The number of nitrogens with one attached hydrogen (secondary N) is 1. The SMILES string of the molecule is Cc1ccc(Cl)c(Cl)c1[C@@H](NC(=O)C1CCCC1)C1(C)CCCC1. The number of hydrogen-bond donors (Lipinski definition) is 1.